The van der Waals surface area contributed by atoms with E-state index in [1.165, 1.54) is 63.3 Å². The molecule has 5 fully saturated rings. The smallest absolute Gasteiger partial charge is 0.332 e. The molecule has 5 heteroatoms. The standard InChI is InChI=1S/C30H49BO4/c1-5-33-27(32)20(2)26(31)8-6-7-21-10-12-24-23-11-9-22-19-30(34-17-18-35-30)16-15-29(22,4)25(23)13-14-28(21,24)3/h21-25H,5-19,31H2,1-4H3/b26-20-. The van der Waals surface area contributed by atoms with Crippen LogP contribution in [0.5, 0.6) is 0 Å². The molecule has 0 aromatic heterocycles. The first kappa shape index (κ1) is 25.8. The molecule has 7 unspecified atom stereocenters. The summed E-state index contributed by atoms with van der Waals surface area (Å²) < 4.78 is 17.5. The Morgan fingerprint density at radius 3 is 2.46 bits per heavy atom. The van der Waals surface area contributed by atoms with Crippen LogP contribution in [0.3, 0.4) is 0 Å². The highest BCUT2D eigenvalue weighted by Crippen LogP contribution is 2.68. The molecule has 5 rings (SSSR count). The van der Waals surface area contributed by atoms with Crippen molar-refractivity contribution in [2.45, 2.75) is 111 Å². The van der Waals surface area contributed by atoms with Crippen LogP contribution in [0.15, 0.2) is 11.0 Å². The van der Waals surface area contributed by atoms with Crippen LogP contribution in [0.1, 0.15) is 105 Å². The van der Waals surface area contributed by atoms with E-state index in [0.29, 0.717) is 17.4 Å². The molecule has 0 amide bonds. The van der Waals surface area contributed by atoms with E-state index in [1.54, 1.807) is 0 Å². The quantitative estimate of drug-likeness (QED) is 0.262. The molecule has 0 aromatic carbocycles. The zero-order chi connectivity index (χ0) is 24.8. The van der Waals surface area contributed by atoms with Gasteiger partial charge in [0.15, 0.2) is 5.79 Å². The monoisotopic (exact) mass is 484 g/mol. The van der Waals surface area contributed by atoms with Gasteiger partial charge >= 0.3 is 5.97 Å². The van der Waals surface area contributed by atoms with Gasteiger partial charge < -0.3 is 14.2 Å². The van der Waals surface area contributed by atoms with Crippen LogP contribution in [-0.4, -0.2) is 39.4 Å². The lowest BCUT2D eigenvalue weighted by molar-refractivity contribution is -0.229. The fourth-order valence-corrected chi connectivity index (χ4v) is 9.75. The van der Waals surface area contributed by atoms with E-state index < -0.39 is 0 Å². The highest BCUT2D eigenvalue weighted by Gasteiger charge is 2.61. The molecule has 196 valence electrons. The molecule has 1 saturated heterocycles. The minimum atomic E-state index is -0.239. The Morgan fingerprint density at radius 1 is 0.971 bits per heavy atom. The Labute approximate surface area is 214 Å². The van der Waals surface area contributed by atoms with Gasteiger partial charge in [-0.2, -0.15) is 0 Å². The van der Waals surface area contributed by atoms with Gasteiger partial charge in [-0.25, -0.2) is 4.79 Å². The Hall–Kier alpha value is -0.805. The summed E-state index contributed by atoms with van der Waals surface area (Å²) in [6.45, 7) is 11.1. The zero-order valence-corrected chi connectivity index (χ0v) is 23.1. The summed E-state index contributed by atoms with van der Waals surface area (Å²) in [5.74, 6) is 3.98. The van der Waals surface area contributed by atoms with Gasteiger partial charge in [0.25, 0.3) is 0 Å². The largest absolute Gasteiger partial charge is 0.463 e. The second kappa shape index (κ2) is 9.82. The predicted molar refractivity (Wildman–Crippen MR) is 142 cm³/mol. The molecule has 35 heavy (non-hydrogen) atoms. The molecule has 5 aliphatic rings. The van der Waals surface area contributed by atoms with Gasteiger partial charge in [0.05, 0.1) is 19.8 Å². The summed E-state index contributed by atoms with van der Waals surface area (Å²) in [6.07, 6.45) is 15.6. The molecule has 0 radical (unpaired) electrons. The summed E-state index contributed by atoms with van der Waals surface area (Å²) in [6, 6.07) is 0. The van der Waals surface area contributed by atoms with Crippen LogP contribution >= 0.6 is 0 Å². The number of allylic oxidation sites excluding steroid dienone is 1. The van der Waals surface area contributed by atoms with E-state index in [1.807, 2.05) is 13.8 Å². The normalized spacial score (nSPS) is 42.7. The van der Waals surface area contributed by atoms with Crippen molar-refractivity contribution in [2.24, 2.45) is 40.4 Å². The molecule has 1 heterocycles. The van der Waals surface area contributed by atoms with Crippen molar-refractivity contribution < 1.29 is 19.0 Å². The molecular weight excluding hydrogens is 435 g/mol. The molecule has 1 spiro atoms. The Balaban J connectivity index is 1.21. The van der Waals surface area contributed by atoms with E-state index in [9.17, 15) is 4.79 Å². The number of ether oxygens (including phenoxy) is 3. The first-order chi connectivity index (χ1) is 16.7. The lowest BCUT2D eigenvalue weighted by Gasteiger charge is -2.62. The lowest BCUT2D eigenvalue weighted by atomic mass is 9.44. The Bertz CT molecular complexity index is 832. The van der Waals surface area contributed by atoms with Gasteiger partial charge in [0.2, 0.25) is 0 Å². The van der Waals surface area contributed by atoms with Crippen LogP contribution in [0, 0.1) is 40.4 Å². The van der Waals surface area contributed by atoms with Crippen LogP contribution in [-0.2, 0) is 19.0 Å². The number of hydrogen-bond acceptors (Lipinski definition) is 4. The molecule has 4 aliphatic carbocycles. The average Bonchev–Trinajstić information content (AvgIpc) is 3.43. The van der Waals surface area contributed by atoms with E-state index in [4.69, 9.17) is 14.2 Å². The summed E-state index contributed by atoms with van der Waals surface area (Å²) in [5.41, 5.74) is 3.03. The van der Waals surface area contributed by atoms with Crippen molar-refractivity contribution in [1.29, 1.82) is 0 Å². The first-order valence-electron chi connectivity index (χ1n) is 14.8. The Morgan fingerprint density at radius 2 is 1.71 bits per heavy atom. The topological polar surface area (TPSA) is 44.8 Å². The van der Waals surface area contributed by atoms with Gasteiger partial charge in [0.1, 0.15) is 7.85 Å². The Kier molecular flexibility index (Phi) is 7.25. The van der Waals surface area contributed by atoms with Crippen molar-refractivity contribution in [3.05, 3.63) is 11.0 Å². The number of hydrogen-bond donors (Lipinski definition) is 0. The highest BCUT2D eigenvalue weighted by atomic mass is 16.7. The zero-order valence-electron chi connectivity index (χ0n) is 23.1. The maximum Gasteiger partial charge on any atom is 0.332 e. The number of esters is 1. The third kappa shape index (κ3) is 4.45. The third-order valence-electron chi connectivity index (χ3n) is 12.0. The van der Waals surface area contributed by atoms with Crippen LogP contribution < -0.4 is 0 Å². The van der Waals surface area contributed by atoms with Crippen molar-refractivity contribution in [1.82, 2.24) is 0 Å². The average molecular weight is 485 g/mol. The molecule has 0 bridgehead atoms. The fraction of sp³-hybridized carbons (Fsp3) is 0.900. The minimum Gasteiger partial charge on any atom is -0.463 e. The van der Waals surface area contributed by atoms with E-state index in [-0.39, 0.29) is 11.8 Å². The van der Waals surface area contributed by atoms with Gasteiger partial charge in [-0.15, -0.1) is 0 Å². The molecule has 4 nitrogen and oxygen atoms in total. The van der Waals surface area contributed by atoms with Gasteiger partial charge in [0, 0.05) is 18.4 Å². The number of carbonyl (C=O) groups excluding carboxylic acids is 1. The highest BCUT2D eigenvalue weighted by molar-refractivity contribution is 6.24. The predicted octanol–water partition coefficient (Wildman–Crippen LogP) is 6.03. The number of fused-ring (bicyclic) bond motifs is 5. The lowest BCUT2D eigenvalue weighted by Crippen LogP contribution is -2.56. The minimum absolute atomic E-state index is 0.139. The van der Waals surface area contributed by atoms with Gasteiger partial charge in [-0.05, 0) is 112 Å². The molecule has 0 N–H and O–H groups in total. The second-order valence-electron chi connectivity index (χ2n) is 13.3. The van der Waals surface area contributed by atoms with Gasteiger partial charge in [-0.1, -0.05) is 25.7 Å². The summed E-state index contributed by atoms with van der Waals surface area (Å²) in [4.78, 5) is 12.1. The molecule has 4 saturated carbocycles. The van der Waals surface area contributed by atoms with Crippen LogP contribution in [0.2, 0.25) is 0 Å². The maximum atomic E-state index is 12.1. The third-order valence-corrected chi connectivity index (χ3v) is 12.0. The van der Waals surface area contributed by atoms with Gasteiger partial charge in [-0.3, -0.25) is 0 Å². The molecule has 0 aromatic rings. The van der Waals surface area contributed by atoms with Crippen molar-refractivity contribution in [3.8, 4) is 0 Å². The van der Waals surface area contributed by atoms with E-state index in [2.05, 4.69) is 21.7 Å². The summed E-state index contributed by atoms with van der Waals surface area (Å²) >= 11 is 0. The molecule has 7 atom stereocenters. The van der Waals surface area contributed by atoms with Crippen molar-refractivity contribution in [2.75, 3.05) is 19.8 Å². The fourth-order valence-electron chi connectivity index (χ4n) is 9.75. The van der Waals surface area contributed by atoms with Crippen molar-refractivity contribution >= 4 is 13.8 Å². The SMILES string of the molecule is B/C(CCCC1CCC2C3CCC4CC5(CCC4(C)C3CCC12C)OCCO5)=C(/C)C(=O)OCC. The van der Waals surface area contributed by atoms with E-state index in [0.717, 1.165) is 67.6 Å². The molecular formula is C30H49BO4. The summed E-state index contributed by atoms with van der Waals surface area (Å²) in [5, 5.41) is 0. The van der Waals surface area contributed by atoms with Crippen LogP contribution in [0.25, 0.3) is 0 Å². The second-order valence-corrected chi connectivity index (χ2v) is 13.3. The molecule has 1 aliphatic heterocycles. The number of rotatable bonds is 6. The van der Waals surface area contributed by atoms with Crippen molar-refractivity contribution in [3.63, 3.8) is 0 Å². The first-order valence-corrected chi connectivity index (χ1v) is 14.8. The maximum absolute atomic E-state index is 12.1. The number of carbonyl (C=O) groups is 1. The van der Waals surface area contributed by atoms with Crippen LogP contribution in [0.4, 0.5) is 0 Å². The van der Waals surface area contributed by atoms with E-state index >= 15 is 0 Å². The summed E-state index contributed by atoms with van der Waals surface area (Å²) in [7, 11) is 2.12.